The lowest BCUT2D eigenvalue weighted by atomic mass is 9.86. The summed E-state index contributed by atoms with van der Waals surface area (Å²) in [7, 11) is 2.09. The zero-order chi connectivity index (χ0) is 12.8. The van der Waals surface area contributed by atoms with Gasteiger partial charge in [0.05, 0.1) is 0 Å². The lowest BCUT2D eigenvalue weighted by Gasteiger charge is -2.19. The van der Waals surface area contributed by atoms with Gasteiger partial charge in [0.15, 0.2) is 0 Å². The van der Waals surface area contributed by atoms with Crippen LogP contribution in [-0.4, -0.2) is 4.57 Å². The van der Waals surface area contributed by atoms with Gasteiger partial charge in [-0.05, 0) is 35.6 Å². The van der Waals surface area contributed by atoms with Gasteiger partial charge in [-0.1, -0.05) is 26.8 Å². The van der Waals surface area contributed by atoms with Crippen molar-refractivity contribution in [2.75, 3.05) is 0 Å². The van der Waals surface area contributed by atoms with Crippen molar-refractivity contribution in [2.45, 2.75) is 39.7 Å². The molecule has 0 aliphatic rings. The zero-order valence-corrected chi connectivity index (χ0v) is 11.5. The SMILES string of the molecule is Cc1c(CN)n(C)c2ccc(C(C)(C)C)cc12. The molecule has 1 aromatic heterocycles. The molecule has 2 aromatic rings. The second-order valence-electron chi connectivity index (χ2n) is 5.82. The predicted molar refractivity (Wildman–Crippen MR) is 74.2 cm³/mol. The van der Waals surface area contributed by atoms with Crippen LogP contribution in [0.5, 0.6) is 0 Å². The minimum Gasteiger partial charge on any atom is -0.346 e. The average molecular weight is 230 g/mol. The number of benzene rings is 1. The molecule has 17 heavy (non-hydrogen) atoms. The molecule has 2 N–H and O–H groups in total. The Balaban J connectivity index is 2.75. The van der Waals surface area contributed by atoms with Crippen LogP contribution in [0.1, 0.15) is 37.6 Å². The second kappa shape index (κ2) is 3.88. The third kappa shape index (κ3) is 1.87. The van der Waals surface area contributed by atoms with E-state index in [2.05, 4.69) is 57.5 Å². The Morgan fingerprint density at radius 1 is 1.24 bits per heavy atom. The van der Waals surface area contributed by atoms with Crippen molar-refractivity contribution in [2.24, 2.45) is 12.8 Å². The molecule has 2 heteroatoms. The fraction of sp³-hybridized carbons (Fsp3) is 0.467. The molecule has 0 saturated carbocycles. The van der Waals surface area contributed by atoms with Crippen molar-refractivity contribution in [1.29, 1.82) is 0 Å². The molecule has 2 nitrogen and oxygen atoms in total. The summed E-state index contributed by atoms with van der Waals surface area (Å²) in [6.45, 7) is 9.50. The smallest absolute Gasteiger partial charge is 0.0483 e. The largest absolute Gasteiger partial charge is 0.346 e. The summed E-state index contributed by atoms with van der Waals surface area (Å²) >= 11 is 0. The summed E-state index contributed by atoms with van der Waals surface area (Å²) < 4.78 is 2.21. The first-order valence-corrected chi connectivity index (χ1v) is 6.14. The molecule has 2 rings (SSSR count). The van der Waals surface area contributed by atoms with Gasteiger partial charge >= 0.3 is 0 Å². The van der Waals surface area contributed by atoms with E-state index in [4.69, 9.17) is 5.73 Å². The number of aryl methyl sites for hydroxylation is 2. The van der Waals surface area contributed by atoms with Crippen molar-refractivity contribution in [3.05, 3.63) is 35.0 Å². The van der Waals surface area contributed by atoms with Crippen molar-refractivity contribution in [1.82, 2.24) is 4.57 Å². The van der Waals surface area contributed by atoms with E-state index >= 15 is 0 Å². The maximum atomic E-state index is 5.82. The first kappa shape index (κ1) is 12.2. The monoisotopic (exact) mass is 230 g/mol. The van der Waals surface area contributed by atoms with Gasteiger partial charge in [0.1, 0.15) is 0 Å². The van der Waals surface area contributed by atoms with E-state index in [1.54, 1.807) is 0 Å². The number of hydrogen-bond acceptors (Lipinski definition) is 1. The van der Waals surface area contributed by atoms with E-state index < -0.39 is 0 Å². The summed E-state index contributed by atoms with van der Waals surface area (Å²) in [6.07, 6.45) is 0. The number of fused-ring (bicyclic) bond motifs is 1. The first-order valence-electron chi connectivity index (χ1n) is 6.14. The topological polar surface area (TPSA) is 30.9 Å². The van der Waals surface area contributed by atoms with Gasteiger partial charge in [0.25, 0.3) is 0 Å². The predicted octanol–water partition coefficient (Wildman–Crippen LogP) is 3.24. The summed E-state index contributed by atoms with van der Waals surface area (Å²) in [5.41, 5.74) is 11.2. The summed E-state index contributed by atoms with van der Waals surface area (Å²) in [5.74, 6) is 0. The van der Waals surface area contributed by atoms with Crippen LogP contribution in [-0.2, 0) is 19.0 Å². The lowest BCUT2D eigenvalue weighted by Crippen LogP contribution is -2.10. The van der Waals surface area contributed by atoms with Gasteiger partial charge in [-0.25, -0.2) is 0 Å². The summed E-state index contributed by atoms with van der Waals surface area (Å²) in [6, 6.07) is 6.74. The van der Waals surface area contributed by atoms with E-state index in [9.17, 15) is 0 Å². The van der Waals surface area contributed by atoms with Gasteiger partial charge in [-0.15, -0.1) is 0 Å². The lowest BCUT2D eigenvalue weighted by molar-refractivity contribution is 0.591. The molecule has 0 fully saturated rings. The van der Waals surface area contributed by atoms with Gasteiger partial charge in [0, 0.05) is 30.2 Å². The molecule has 0 aliphatic carbocycles. The van der Waals surface area contributed by atoms with Crippen molar-refractivity contribution >= 4 is 10.9 Å². The number of nitrogens with zero attached hydrogens (tertiary/aromatic N) is 1. The zero-order valence-electron chi connectivity index (χ0n) is 11.5. The molecule has 0 bridgehead atoms. The van der Waals surface area contributed by atoms with Crippen molar-refractivity contribution in [3.63, 3.8) is 0 Å². The highest BCUT2D eigenvalue weighted by Crippen LogP contribution is 2.30. The van der Waals surface area contributed by atoms with Crippen LogP contribution in [0.2, 0.25) is 0 Å². The van der Waals surface area contributed by atoms with E-state index in [0.29, 0.717) is 6.54 Å². The Morgan fingerprint density at radius 3 is 2.41 bits per heavy atom. The molecule has 0 aliphatic heterocycles. The van der Waals surface area contributed by atoms with Gasteiger partial charge < -0.3 is 10.3 Å². The maximum absolute atomic E-state index is 5.82. The highest BCUT2D eigenvalue weighted by molar-refractivity contribution is 5.86. The molecule has 0 spiro atoms. The van der Waals surface area contributed by atoms with Crippen LogP contribution in [0.15, 0.2) is 18.2 Å². The van der Waals surface area contributed by atoms with Crippen LogP contribution >= 0.6 is 0 Å². The van der Waals surface area contributed by atoms with Crippen LogP contribution in [0.25, 0.3) is 10.9 Å². The highest BCUT2D eigenvalue weighted by Gasteiger charge is 2.16. The van der Waals surface area contributed by atoms with Crippen LogP contribution in [0, 0.1) is 6.92 Å². The molecule has 92 valence electrons. The molecule has 1 heterocycles. The molecule has 0 saturated heterocycles. The number of nitrogens with two attached hydrogens (primary N) is 1. The Kier molecular flexibility index (Phi) is 2.78. The van der Waals surface area contributed by atoms with Crippen molar-refractivity contribution in [3.8, 4) is 0 Å². The molecule has 0 atom stereocenters. The number of hydrogen-bond donors (Lipinski definition) is 1. The second-order valence-corrected chi connectivity index (χ2v) is 5.82. The minimum atomic E-state index is 0.194. The molecule has 1 aromatic carbocycles. The first-order chi connectivity index (χ1) is 7.86. The fourth-order valence-corrected chi connectivity index (χ4v) is 2.44. The van der Waals surface area contributed by atoms with E-state index in [0.717, 1.165) is 0 Å². The average Bonchev–Trinajstić information content (AvgIpc) is 2.50. The Labute approximate surface area is 103 Å². The normalized spacial score (nSPS) is 12.4. The van der Waals surface area contributed by atoms with E-state index in [1.807, 2.05) is 0 Å². The van der Waals surface area contributed by atoms with Crippen LogP contribution in [0.3, 0.4) is 0 Å². The molecule has 0 unspecified atom stereocenters. The Hall–Kier alpha value is -1.28. The molecular formula is C15H22N2. The number of rotatable bonds is 1. The molecular weight excluding hydrogens is 208 g/mol. The molecule has 0 amide bonds. The van der Waals surface area contributed by atoms with Crippen LogP contribution in [0.4, 0.5) is 0 Å². The van der Waals surface area contributed by atoms with Crippen LogP contribution < -0.4 is 5.73 Å². The minimum absolute atomic E-state index is 0.194. The van der Waals surface area contributed by atoms with Gasteiger partial charge in [-0.2, -0.15) is 0 Å². The fourth-order valence-electron chi connectivity index (χ4n) is 2.44. The number of aromatic nitrogens is 1. The Bertz CT molecular complexity index is 556. The Morgan fingerprint density at radius 2 is 1.88 bits per heavy atom. The quantitative estimate of drug-likeness (QED) is 0.801. The third-order valence-electron chi connectivity index (χ3n) is 3.66. The van der Waals surface area contributed by atoms with Gasteiger partial charge in [0.2, 0.25) is 0 Å². The highest BCUT2D eigenvalue weighted by atomic mass is 15.0. The standard InChI is InChI=1S/C15H22N2/c1-10-12-8-11(15(2,3)4)6-7-13(12)17(5)14(10)9-16/h6-8H,9,16H2,1-5H3. The van der Waals surface area contributed by atoms with Crippen molar-refractivity contribution < 1.29 is 0 Å². The molecule has 0 radical (unpaired) electrons. The summed E-state index contributed by atoms with van der Waals surface area (Å²) in [5, 5.41) is 1.33. The van der Waals surface area contributed by atoms with E-state index in [-0.39, 0.29) is 5.41 Å². The maximum Gasteiger partial charge on any atom is 0.0483 e. The van der Waals surface area contributed by atoms with E-state index in [1.165, 1.54) is 27.7 Å². The third-order valence-corrected chi connectivity index (χ3v) is 3.66. The summed E-state index contributed by atoms with van der Waals surface area (Å²) in [4.78, 5) is 0. The van der Waals surface area contributed by atoms with Gasteiger partial charge in [-0.3, -0.25) is 0 Å².